The summed E-state index contributed by atoms with van der Waals surface area (Å²) in [5.41, 5.74) is 0.989. The van der Waals surface area contributed by atoms with E-state index in [0.717, 1.165) is 9.90 Å². The summed E-state index contributed by atoms with van der Waals surface area (Å²) in [7, 11) is 0. The first-order chi connectivity index (χ1) is 6.77. The predicted octanol–water partition coefficient (Wildman–Crippen LogP) is 2.69. The number of nitrogens with zero attached hydrogens (tertiary/aromatic N) is 2. The second kappa shape index (κ2) is 5.91. The minimum Gasteiger partial charge on any atom is -0.272 e. The van der Waals surface area contributed by atoms with Crippen molar-refractivity contribution in [1.82, 2.24) is 5.32 Å². The molecule has 0 spiro atoms. The molecule has 0 unspecified atom stereocenters. The molecule has 0 amide bonds. The molecule has 1 N–H and O–H groups in total. The van der Waals surface area contributed by atoms with E-state index in [9.17, 15) is 0 Å². The molecule has 0 bridgehead atoms. The van der Waals surface area contributed by atoms with Crippen LogP contribution in [0, 0.1) is 11.5 Å². The fourth-order valence-corrected chi connectivity index (χ4v) is 2.05. The normalized spacial score (nSPS) is 11.1. The Kier molecular flexibility index (Phi) is 4.80. The SMILES string of the molecule is CSC(=NCc1ccsc1Cl)NC#N. The third kappa shape index (κ3) is 3.22. The van der Waals surface area contributed by atoms with E-state index >= 15 is 0 Å². The van der Waals surface area contributed by atoms with E-state index in [1.165, 1.54) is 23.1 Å². The average molecular weight is 246 g/mol. The molecule has 14 heavy (non-hydrogen) atoms. The Morgan fingerprint density at radius 1 is 1.86 bits per heavy atom. The van der Waals surface area contributed by atoms with Crippen molar-refractivity contribution in [3.8, 4) is 6.19 Å². The maximum absolute atomic E-state index is 8.40. The Morgan fingerprint density at radius 2 is 2.64 bits per heavy atom. The second-order valence-corrected chi connectivity index (χ2v) is 4.59. The Bertz CT molecular complexity index is 367. The van der Waals surface area contributed by atoms with Crippen LogP contribution in [-0.2, 0) is 6.54 Å². The lowest BCUT2D eigenvalue weighted by Crippen LogP contribution is -2.13. The van der Waals surface area contributed by atoms with Crippen LogP contribution in [0.2, 0.25) is 4.34 Å². The lowest BCUT2D eigenvalue weighted by molar-refractivity contribution is 1.06. The topological polar surface area (TPSA) is 48.2 Å². The molecule has 0 aliphatic heterocycles. The van der Waals surface area contributed by atoms with Gasteiger partial charge < -0.3 is 0 Å². The molecule has 0 aromatic carbocycles. The molecule has 1 aromatic rings. The molecule has 6 heteroatoms. The van der Waals surface area contributed by atoms with Crippen LogP contribution in [0.25, 0.3) is 0 Å². The Hall–Kier alpha value is -0.700. The van der Waals surface area contributed by atoms with Crippen LogP contribution in [0.3, 0.4) is 0 Å². The summed E-state index contributed by atoms with van der Waals surface area (Å²) in [4.78, 5) is 4.20. The molecule has 0 saturated carbocycles. The van der Waals surface area contributed by atoms with Gasteiger partial charge in [0.15, 0.2) is 11.4 Å². The second-order valence-electron chi connectivity index (χ2n) is 2.28. The van der Waals surface area contributed by atoms with Crippen molar-refractivity contribution in [3.05, 3.63) is 21.3 Å². The van der Waals surface area contributed by atoms with E-state index in [2.05, 4.69) is 10.3 Å². The summed E-state index contributed by atoms with van der Waals surface area (Å²) in [5, 5.41) is 13.4. The smallest absolute Gasteiger partial charge is 0.183 e. The lowest BCUT2D eigenvalue weighted by atomic mass is 10.3. The van der Waals surface area contributed by atoms with Crippen molar-refractivity contribution in [2.75, 3.05) is 6.26 Å². The van der Waals surface area contributed by atoms with Crippen LogP contribution in [0.15, 0.2) is 16.4 Å². The quantitative estimate of drug-likeness (QED) is 0.377. The molecule has 1 rings (SSSR count). The third-order valence-corrected chi connectivity index (χ3v) is 3.31. The van der Waals surface area contributed by atoms with Gasteiger partial charge in [0, 0.05) is 5.56 Å². The van der Waals surface area contributed by atoms with Gasteiger partial charge in [-0.25, -0.2) is 0 Å². The highest BCUT2D eigenvalue weighted by Crippen LogP contribution is 2.23. The number of hydrogen-bond donors (Lipinski definition) is 1. The molecule has 0 atom stereocenters. The number of thiophene rings is 1. The van der Waals surface area contributed by atoms with E-state index in [4.69, 9.17) is 16.9 Å². The predicted molar refractivity (Wildman–Crippen MR) is 62.7 cm³/mol. The summed E-state index contributed by atoms with van der Waals surface area (Å²) in [6, 6.07) is 1.93. The molecule has 1 aromatic heterocycles. The van der Waals surface area contributed by atoms with Gasteiger partial charge in [0.1, 0.15) is 0 Å². The maximum atomic E-state index is 8.40. The first-order valence-electron chi connectivity index (χ1n) is 3.73. The Morgan fingerprint density at radius 3 is 3.14 bits per heavy atom. The molecule has 0 saturated heterocycles. The van der Waals surface area contributed by atoms with Crippen molar-refractivity contribution in [1.29, 1.82) is 5.26 Å². The van der Waals surface area contributed by atoms with Crippen LogP contribution in [-0.4, -0.2) is 11.4 Å². The van der Waals surface area contributed by atoms with Crippen molar-refractivity contribution in [2.45, 2.75) is 6.54 Å². The fraction of sp³-hybridized carbons (Fsp3) is 0.250. The van der Waals surface area contributed by atoms with Crippen LogP contribution >= 0.6 is 34.7 Å². The largest absolute Gasteiger partial charge is 0.272 e. The van der Waals surface area contributed by atoms with E-state index < -0.39 is 0 Å². The summed E-state index contributed by atoms with van der Waals surface area (Å²) in [5.74, 6) is 0. The monoisotopic (exact) mass is 245 g/mol. The zero-order valence-electron chi connectivity index (χ0n) is 7.45. The van der Waals surface area contributed by atoms with E-state index in [1.807, 2.05) is 23.9 Å². The van der Waals surface area contributed by atoms with E-state index in [1.54, 1.807) is 0 Å². The average Bonchev–Trinajstić information content (AvgIpc) is 2.59. The highest BCUT2D eigenvalue weighted by atomic mass is 35.5. The van der Waals surface area contributed by atoms with Gasteiger partial charge in [-0.05, 0) is 17.7 Å². The summed E-state index contributed by atoms with van der Waals surface area (Å²) < 4.78 is 0.756. The summed E-state index contributed by atoms with van der Waals surface area (Å²) in [6.45, 7) is 0.507. The molecule has 0 radical (unpaired) electrons. The fourth-order valence-electron chi connectivity index (χ4n) is 0.792. The molecular weight excluding hydrogens is 238 g/mol. The van der Waals surface area contributed by atoms with E-state index in [0.29, 0.717) is 11.7 Å². The highest BCUT2D eigenvalue weighted by Gasteiger charge is 2.00. The van der Waals surface area contributed by atoms with Gasteiger partial charge in [0.05, 0.1) is 10.9 Å². The van der Waals surface area contributed by atoms with Crippen LogP contribution in [0.1, 0.15) is 5.56 Å². The molecular formula is C8H8ClN3S2. The van der Waals surface area contributed by atoms with Gasteiger partial charge in [-0.1, -0.05) is 23.4 Å². The van der Waals surface area contributed by atoms with Gasteiger partial charge in [-0.3, -0.25) is 10.3 Å². The summed E-state index contributed by atoms with van der Waals surface area (Å²) in [6.07, 6.45) is 3.69. The van der Waals surface area contributed by atoms with Gasteiger partial charge in [0.25, 0.3) is 0 Å². The molecule has 3 nitrogen and oxygen atoms in total. The highest BCUT2D eigenvalue weighted by molar-refractivity contribution is 8.13. The van der Waals surface area contributed by atoms with Crippen LogP contribution in [0.5, 0.6) is 0 Å². The zero-order valence-corrected chi connectivity index (χ0v) is 9.84. The van der Waals surface area contributed by atoms with Crippen molar-refractivity contribution in [3.63, 3.8) is 0 Å². The number of nitrogens with one attached hydrogen (secondary N) is 1. The van der Waals surface area contributed by atoms with Gasteiger partial charge in [-0.15, -0.1) is 11.3 Å². The Labute approximate surface area is 95.8 Å². The number of nitriles is 1. The lowest BCUT2D eigenvalue weighted by Gasteiger charge is -1.98. The third-order valence-electron chi connectivity index (χ3n) is 1.44. The van der Waals surface area contributed by atoms with E-state index in [-0.39, 0.29) is 0 Å². The molecule has 1 heterocycles. The molecule has 0 aliphatic carbocycles. The number of aliphatic imine (C=N–C) groups is 1. The molecule has 0 aliphatic rings. The summed E-state index contributed by atoms with van der Waals surface area (Å²) >= 11 is 8.78. The first kappa shape index (κ1) is 11.4. The molecule has 74 valence electrons. The van der Waals surface area contributed by atoms with Gasteiger partial charge >= 0.3 is 0 Å². The number of halogens is 1. The number of thioether (sulfide) groups is 1. The Balaban J connectivity index is 2.62. The minimum absolute atomic E-state index is 0.507. The molecule has 0 fully saturated rings. The van der Waals surface area contributed by atoms with Crippen molar-refractivity contribution in [2.24, 2.45) is 4.99 Å². The first-order valence-corrected chi connectivity index (χ1v) is 6.21. The van der Waals surface area contributed by atoms with Crippen molar-refractivity contribution < 1.29 is 0 Å². The maximum Gasteiger partial charge on any atom is 0.183 e. The van der Waals surface area contributed by atoms with Crippen molar-refractivity contribution >= 4 is 39.9 Å². The van der Waals surface area contributed by atoms with Crippen LogP contribution < -0.4 is 5.32 Å². The van der Waals surface area contributed by atoms with Gasteiger partial charge in [0.2, 0.25) is 0 Å². The van der Waals surface area contributed by atoms with Gasteiger partial charge in [-0.2, -0.15) is 5.26 Å². The minimum atomic E-state index is 0.507. The van der Waals surface area contributed by atoms with Crippen LogP contribution in [0.4, 0.5) is 0 Å². The number of hydrogen-bond acceptors (Lipinski definition) is 4. The zero-order chi connectivity index (χ0) is 10.4. The number of rotatable bonds is 2. The standard InChI is InChI=1S/C8H8ClN3S2/c1-13-8(12-5-10)11-4-6-2-3-14-7(6)9/h2-3H,4H2,1H3,(H,11,12). The number of amidine groups is 1.